The Morgan fingerprint density at radius 2 is 1.33 bits per heavy atom. The van der Waals surface area contributed by atoms with Crippen LogP contribution < -0.4 is 0 Å². The fourth-order valence-corrected chi connectivity index (χ4v) is 3.15. The summed E-state index contributed by atoms with van der Waals surface area (Å²) in [6.45, 7) is 2.28. The molecule has 1 heterocycles. The van der Waals surface area contributed by atoms with Gasteiger partial charge in [0.1, 0.15) is 0 Å². The summed E-state index contributed by atoms with van der Waals surface area (Å²) in [6.07, 6.45) is 1.21. The molecule has 0 bridgehead atoms. The zero-order valence-electron chi connectivity index (χ0n) is 10.8. The fourth-order valence-electron chi connectivity index (χ4n) is 3.15. The molecular formula is C17H19N. The summed E-state index contributed by atoms with van der Waals surface area (Å²) < 4.78 is 0. The molecular weight excluding hydrogens is 218 g/mol. The Kier molecular flexibility index (Phi) is 2.92. The lowest BCUT2D eigenvalue weighted by Crippen LogP contribution is -2.30. The van der Waals surface area contributed by atoms with Gasteiger partial charge in [-0.05, 0) is 31.1 Å². The van der Waals surface area contributed by atoms with Crippen LogP contribution in [0.3, 0.4) is 0 Å². The number of rotatable bonds is 2. The minimum atomic E-state index is 0.178. The topological polar surface area (TPSA) is 3.24 Å². The van der Waals surface area contributed by atoms with Crippen LogP contribution >= 0.6 is 0 Å². The zero-order chi connectivity index (χ0) is 12.4. The van der Waals surface area contributed by atoms with Gasteiger partial charge in [0.2, 0.25) is 0 Å². The van der Waals surface area contributed by atoms with Crippen molar-refractivity contribution < 1.29 is 0 Å². The molecule has 1 aliphatic heterocycles. The van der Waals surface area contributed by atoms with Gasteiger partial charge in [-0.25, -0.2) is 0 Å². The molecule has 2 aromatic carbocycles. The first-order valence-electron chi connectivity index (χ1n) is 6.61. The third-order valence-electron chi connectivity index (χ3n) is 4.11. The molecule has 0 amide bonds. The zero-order valence-corrected chi connectivity index (χ0v) is 10.8. The van der Waals surface area contributed by atoms with Gasteiger partial charge in [0.25, 0.3) is 0 Å². The van der Waals surface area contributed by atoms with E-state index in [2.05, 4.69) is 72.6 Å². The summed E-state index contributed by atoms with van der Waals surface area (Å²) in [4.78, 5) is 2.43. The highest BCUT2D eigenvalue weighted by atomic mass is 15.1. The minimum Gasteiger partial charge on any atom is -0.305 e. The van der Waals surface area contributed by atoms with E-state index in [9.17, 15) is 0 Å². The standard InChI is InChI=1S/C17H19N/c1-18-13-12-17(14-18,15-8-4-2-5-9-15)16-10-6-3-7-11-16/h2-11H,12-14H2,1H3. The van der Waals surface area contributed by atoms with E-state index in [-0.39, 0.29) is 5.41 Å². The Morgan fingerprint density at radius 3 is 1.72 bits per heavy atom. The molecule has 1 heteroatoms. The lowest BCUT2D eigenvalue weighted by Gasteiger charge is -2.30. The van der Waals surface area contributed by atoms with E-state index in [1.165, 1.54) is 24.1 Å². The molecule has 0 radical (unpaired) electrons. The maximum absolute atomic E-state index is 2.43. The largest absolute Gasteiger partial charge is 0.305 e. The van der Waals surface area contributed by atoms with Gasteiger partial charge in [0, 0.05) is 12.0 Å². The summed E-state index contributed by atoms with van der Waals surface area (Å²) in [6, 6.07) is 21.9. The second-order valence-electron chi connectivity index (χ2n) is 5.30. The van der Waals surface area contributed by atoms with Gasteiger partial charge in [-0.15, -0.1) is 0 Å². The summed E-state index contributed by atoms with van der Waals surface area (Å²) in [7, 11) is 2.22. The summed E-state index contributed by atoms with van der Waals surface area (Å²) in [5, 5.41) is 0. The van der Waals surface area contributed by atoms with Gasteiger partial charge in [-0.3, -0.25) is 0 Å². The van der Waals surface area contributed by atoms with E-state index in [1.54, 1.807) is 0 Å². The van der Waals surface area contributed by atoms with E-state index in [1.807, 2.05) is 0 Å². The highest BCUT2D eigenvalue weighted by molar-refractivity contribution is 5.41. The molecule has 18 heavy (non-hydrogen) atoms. The van der Waals surface area contributed by atoms with Gasteiger partial charge < -0.3 is 4.90 Å². The third-order valence-corrected chi connectivity index (χ3v) is 4.11. The van der Waals surface area contributed by atoms with Crippen molar-refractivity contribution in [1.82, 2.24) is 4.90 Å². The van der Waals surface area contributed by atoms with E-state index >= 15 is 0 Å². The number of hydrogen-bond acceptors (Lipinski definition) is 1. The van der Waals surface area contributed by atoms with Crippen LogP contribution in [0.2, 0.25) is 0 Å². The van der Waals surface area contributed by atoms with Crippen molar-refractivity contribution in [3.63, 3.8) is 0 Å². The maximum atomic E-state index is 2.43. The molecule has 1 fully saturated rings. The molecule has 1 aliphatic rings. The SMILES string of the molecule is CN1CCC(c2ccccc2)(c2ccccc2)C1. The molecule has 3 rings (SSSR count). The minimum absolute atomic E-state index is 0.178. The van der Waals surface area contributed by atoms with E-state index in [0.29, 0.717) is 0 Å². The second-order valence-corrected chi connectivity index (χ2v) is 5.30. The lowest BCUT2D eigenvalue weighted by atomic mass is 9.74. The van der Waals surface area contributed by atoms with Crippen molar-refractivity contribution in [3.05, 3.63) is 71.8 Å². The number of likely N-dealkylation sites (tertiary alicyclic amines) is 1. The molecule has 0 aromatic heterocycles. The predicted molar refractivity (Wildman–Crippen MR) is 75.8 cm³/mol. The molecule has 92 valence electrons. The van der Waals surface area contributed by atoms with Crippen LogP contribution in [0.25, 0.3) is 0 Å². The van der Waals surface area contributed by atoms with Crippen molar-refractivity contribution in [2.24, 2.45) is 0 Å². The number of likely N-dealkylation sites (N-methyl/N-ethyl adjacent to an activating group) is 1. The predicted octanol–water partition coefficient (Wildman–Crippen LogP) is 3.31. The summed E-state index contributed by atoms with van der Waals surface area (Å²) in [5.41, 5.74) is 3.07. The summed E-state index contributed by atoms with van der Waals surface area (Å²) in [5.74, 6) is 0. The molecule has 0 spiro atoms. The van der Waals surface area contributed by atoms with Crippen LogP contribution in [0, 0.1) is 0 Å². The molecule has 0 N–H and O–H groups in total. The fraction of sp³-hybridized carbons (Fsp3) is 0.294. The third kappa shape index (κ3) is 1.85. The molecule has 0 saturated carbocycles. The molecule has 0 unspecified atom stereocenters. The van der Waals surface area contributed by atoms with Crippen LogP contribution in [-0.2, 0) is 5.41 Å². The first-order chi connectivity index (χ1) is 8.81. The van der Waals surface area contributed by atoms with Gasteiger partial charge >= 0.3 is 0 Å². The van der Waals surface area contributed by atoms with Crippen molar-refractivity contribution >= 4 is 0 Å². The highest BCUT2D eigenvalue weighted by Crippen LogP contribution is 2.40. The van der Waals surface area contributed by atoms with Gasteiger partial charge in [0.15, 0.2) is 0 Å². The van der Waals surface area contributed by atoms with Crippen LogP contribution in [0.4, 0.5) is 0 Å². The molecule has 1 saturated heterocycles. The summed E-state index contributed by atoms with van der Waals surface area (Å²) >= 11 is 0. The Hall–Kier alpha value is -1.60. The van der Waals surface area contributed by atoms with Crippen molar-refractivity contribution in [2.75, 3.05) is 20.1 Å². The van der Waals surface area contributed by atoms with Crippen LogP contribution in [0.1, 0.15) is 17.5 Å². The maximum Gasteiger partial charge on any atom is 0.0341 e. The number of benzene rings is 2. The quantitative estimate of drug-likeness (QED) is 0.774. The average molecular weight is 237 g/mol. The average Bonchev–Trinajstić information content (AvgIpc) is 2.84. The Labute approximate surface area is 109 Å². The van der Waals surface area contributed by atoms with E-state index < -0.39 is 0 Å². The number of hydrogen-bond donors (Lipinski definition) is 0. The molecule has 2 aromatic rings. The first-order valence-corrected chi connectivity index (χ1v) is 6.61. The Morgan fingerprint density at radius 1 is 0.833 bits per heavy atom. The van der Waals surface area contributed by atoms with Gasteiger partial charge in [-0.2, -0.15) is 0 Å². The Balaban J connectivity index is 2.11. The Bertz CT molecular complexity index is 464. The molecule has 1 nitrogen and oxygen atoms in total. The van der Waals surface area contributed by atoms with Crippen molar-refractivity contribution in [3.8, 4) is 0 Å². The van der Waals surface area contributed by atoms with E-state index in [0.717, 1.165) is 6.54 Å². The van der Waals surface area contributed by atoms with Crippen molar-refractivity contribution in [1.29, 1.82) is 0 Å². The molecule has 0 atom stereocenters. The van der Waals surface area contributed by atoms with Crippen LogP contribution in [-0.4, -0.2) is 25.0 Å². The second kappa shape index (κ2) is 4.58. The normalized spacial score (nSPS) is 18.9. The lowest BCUT2D eigenvalue weighted by molar-refractivity contribution is 0.391. The van der Waals surface area contributed by atoms with E-state index in [4.69, 9.17) is 0 Å². The van der Waals surface area contributed by atoms with Gasteiger partial charge in [0.05, 0.1) is 0 Å². The smallest absolute Gasteiger partial charge is 0.0341 e. The van der Waals surface area contributed by atoms with Crippen molar-refractivity contribution in [2.45, 2.75) is 11.8 Å². The number of nitrogens with zero attached hydrogens (tertiary/aromatic N) is 1. The van der Waals surface area contributed by atoms with Crippen LogP contribution in [0.15, 0.2) is 60.7 Å². The highest BCUT2D eigenvalue weighted by Gasteiger charge is 2.39. The first kappa shape index (κ1) is 11.5. The van der Waals surface area contributed by atoms with Crippen LogP contribution in [0.5, 0.6) is 0 Å². The monoisotopic (exact) mass is 237 g/mol. The van der Waals surface area contributed by atoms with Gasteiger partial charge in [-0.1, -0.05) is 60.7 Å². The molecule has 0 aliphatic carbocycles.